The summed E-state index contributed by atoms with van der Waals surface area (Å²) in [6.45, 7) is 4.03. The molecule has 0 saturated carbocycles. The van der Waals surface area contributed by atoms with Gasteiger partial charge in [-0.2, -0.15) is 0 Å². The average Bonchev–Trinajstić information content (AvgIpc) is 3.09. The lowest BCUT2D eigenvalue weighted by molar-refractivity contribution is -0.114. The molecular weight excluding hydrogens is 454 g/mol. The molecule has 35 heavy (non-hydrogen) atoms. The third-order valence-electron chi connectivity index (χ3n) is 6.85. The number of amides is 2. The zero-order valence-corrected chi connectivity index (χ0v) is 20.9. The highest BCUT2D eigenvalue weighted by Gasteiger charge is 2.43. The highest BCUT2D eigenvalue weighted by atomic mass is 32.2. The second-order valence-electron chi connectivity index (χ2n) is 9.85. The Morgan fingerprint density at radius 1 is 0.800 bits per heavy atom. The fourth-order valence-corrected chi connectivity index (χ4v) is 5.98. The van der Waals surface area contributed by atoms with E-state index in [1.165, 1.54) is 33.4 Å². The van der Waals surface area contributed by atoms with Crippen LogP contribution in [0.15, 0.2) is 71.6 Å². The van der Waals surface area contributed by atoms with E-state index in [2.05, 4.69) is 42.5 Å². The largest absolute Gasteiger partial charge is 0.284 e. The molecule has 4 nitrogen and oxygen atoms in total. The molecule has 178 valence electrons. The molecular formula is C30H29NO3S. The van der Waals surface area contributed by atoms with Gasteiger partial charge in [0.1, 0.15) is 6.04 Å². The maximum Gasteiger partial charge on any atom is 0.262 e. The SMILES string of the molecule is CC(C)C[C@@H](C(=O)Sc1cc2ccc1CCc1ccc(cc1)CC2)N1C(=O)c2ccccc2C1=O. The van der Waals surface area contributed by atoms with Gasteiger partial charge in [-0.05, 0) is 90.2 Å². The zero-order chi connectivity index (χ0) is 24.5. The first kappa shape index (κ1) is 23.6. The third kappa shape index (κ3) is 4.83. The molecule has 0 unspecified atom stereocenters. The van der Waals surface area contributed by atoms with Crippen LogP contribution in [0.2, 0.25) is 0 Å². The monoisotopic (exact) mass is 483 g/mol. The molecule has 3 aromatic carbocycles. The lowest BCUT2D eigenvalue weighted by Gasteiger charge is -2.26. The van der Waals surface area contributed by atoms with Gasteiger partial charge in [0.25, 0.3) is 11.8 Å². The van der Waals surface area contributed by atoms with Crippen molar-refractivity contribution in [3.05, 3.63) is 100 Å². The molecule has 1 atom stereocenters. The molecule has 0 aromatic heterocycles. The Hall–Kier alpha value is -3.18. The smallest absolute Gasteiger partial charge is 0.262 e. The van der Waals surface area contributed by atoms with Gasteiger partial charge in [-0.25, -0.2) is 0 Å². The van der Waals surface area contributed by atoms with E-state index in [9.17, 15) is 14.4 Å². The van der Waals surface area contributed by atoms with E-state index in [1.807, 2.05) is 13.8 Å². The molecule has 5 heteroatoms. The van der Waals surface area contributed by atoms with Crippen LogP contribution in [0, 0.1) is 5.92 Å². The topological polar surface area (TPSA) is 54.5 Å². The van der Waals surface area contributed by atoms with E-state index < -0.39 is 6.04 Å². The number of hydrogen-bond donors (Lipinski definition) is 0. The summed E-state index contributed by atoms with van der Waals surface area (Å²) in [5, 5.41) is -0.151. The van der Waals surface area contributed by atoms with Gasteiger partial charge < -0.3 is 0 Å². The number of benzene rings is 3. The quantitative estimate of drug-likeness (QED) is 0.335. The summed E-state index contributed by atoms with van der Waals surface area (Å²) in [5.41, 5.74) is 5.67. The highest BCUT2D eigenvalue weighted by Crippen LogP contribution is 2.34. The van der Waals surface area contributed by atoms with E-state index in [0.717, 1.165) is 36.1 Å². The molecule has 0 spiro atoms. The molecule has 0 saturated heterocycles. The van der Waals surface area contributed by atoms with Crippen molar-refractivity contribution in [3.8, 4) is 0 Å². The van der Waals surface area contributed by atoms with Gasteiger partial charge in [-0.3, -0.25) is 19.3 Å². The number of carbonyl (C=O) groups excluding carboxylic acids is 3. The Balaban J connectivity index is 1.44. The van der Waals surface area contributed by atoms with Crippen LogP contribution in [-0.2, 0) is 30.5 Å². The van der Waals surface area contributed by atoms with Gasteiger partial charge in [0, 0.05) is 4.90 Å². The molecule has 3 aromatic rings. The van der Waals surface area contributed by atoms with Crippen LogP contribution in [-0.4, -0.2) is 27.9 Å². The second-order valence-corrected chi connectivity index (χ2v) is 10.9. The molecule has 8 rings (SSSR count). The standard InChI is InChI=1S/C30H29NO3S/c1-19(2)17-26(31-28(32)24-5-3-4-6-25(24)29(31)33)30(34)35-27-18-22-12-11-20-7-9-21(10-8-20)13-15-23(27)16-14-22/h3-10,14,16,18-19,26H,11-13,15,17H2,1-2H3/t26-/m0/s1. The van der Waals surface area contributed by atoms with Gasteiger partial charge in [0.15, 0.2) is 0 Å². The average molecular weight is 484 g/mol. The van der Waals surface area contributed by atoms with Crippen LogP contribution >= 0.6 is 11.8 Å². The highest BCUT2D eigenvalue weighted by molar-refractivity contribution is 8.13. The van der Waals surface area contributed by atoms with Crippen molar-refractivity contribution in [1.82, 2.24) is 4.90 Å². The Bertz CT molecular complexity index is 1260. The van der Waals surface area contributed by atoms with Gasteiger partial charge in [0.2, 0.25) is 5.12 Å². The van der Waals surface area contributed by atoms with Crippen molar-refractivity contribution in [2.24, 2.45) is 5.92 Å². The van der Waals surface area contributed by atoms with Crippen LogP contribution in [0.5, 0.6) is 0 Å². The second kappa shape index (κ2) is 9.82. The van der Waals surface area contributed by atoms with Gasteiger partial charge in [0.05, 0.1) is 11.1 Å². The third-order valence-corrected chi connectivity index (χ3v) is 7.93. The maximum absolute atomic E-state index is 13.8. The predicted octanol–water partition coefficient (Wildman–Crippen LogP) is 5.90. The van der Waals surface area contributed by atoms with Gasteiger partial charge >= 0.3 is 0 Å². The maximum atomic E-state index is 13.8. The molecule has 1 heterocycles. The van der Waals surface area contributed by atoms with E-state index >= 15 is 0 Å². The van der Waals surface area contributed by atoms with Crippen molar-refractivity contribution in [2.75, 3.05) is 0 Å². The first-order valence-corrected chi connectivity index (χ1v) is 13.1. The Morgan fingerprint density at radius 3 is 1.94 bits per heavy atom. The summed E-state index contributed by atoms with van der Waals surface area (Å²) >= 11 is 1.19. The molecule has 4 bridgehead atoms. The normalized spacial score (nSPS) is 15.8. The molecule has 0 N–H and O–H groups in total. The summed E-state index contributed by atoms with van der Waals surface area (Å²) < 4.78 is 0. The summed E-state index contributed by atoms with van der Waals surface area (Å²) in [4.78, 5) is 42.2. The Kier molecular flexibility index (Phi) is 6.61. The van der Waals surface area contributed by atoms with Crippen LogP contribution in [0.3, 0.4) is 0 Å². The lowest BCUT2D eigenvalue weighted by atomic mass is 9.97. The van der Waals surface area contributed by atoms with Crippen LogP contribution in [0.4, 0.5) is 0 Å². The summed E-state index contributed by atoms with van der Waals surface area (Å²) in [5.74, 6) is -0.589. The number of imide groups is 1. The predicted molar refractivity (Wildman–Crippen MR) is 139 cm³/mol. The van der Waals surface area contributed by atoms with Gasteiger partial charge in [-0.15, -0.1) is 0 Å². The molecule has 0 fully saturated rings. The molecule has 4 aliphatic carbocycles. The summed E-state index contributed by atoms with van der Waals surface area (Å²) in [6.07, 6.45) is 4.02. The number of hydrogen-bond acceptors (Lipinski definition) is 4. The van der Waals surface area contributed by atoms with E-state index in [4.69, 9.17) is 0 Å². The van der Waals surface area contributed by atoms with E-state index in [0.29, 0.717) is 17.5 Å². The number of fused-ring (bicyclic) bond motifs is 1. The molecule has 0 radical (unpaired) electrons. The first-order valence-electron chi connectivity index (χ1n) is 12.3. The zero-order valence-electron chi connectivity index (χ0n) is 20.1. The number of carbonyl (C=O) groups is 3. The minimum Gasteiger partial charge on any atom is -0.284 e. The number of rotatable bonds is 5. The van der Waals surface area contributed by atoms with E-state index in [1.54, 1.807) is 24.3 Å². The van der Waals surface area contributed by atoms with Crippen LogP contribution in [0.1, 0.15) is 63.2 Å². The number of thioether (sulfide) groups is 1. The minimum atomic E-state index is -0.797. The van der Waals surface area contributed by atoms with Crippen molar-refractivity contribution in [1.29, 1.82) is 0 Å². The summed E-state index contributed by atoms with van der Waals surface area (Å²) in [6, 6.07) is 21.3. The Morgan fingerprint density at radius 2 is 1.34 bits per heavy atom. The van der Waals surface area contributed by atoms with Gasteiger partial charge in [-0.1, -0.05) is 62.4 Å². The van der Waals surface area contributed by atoms with Crippen LogP contribution in [0.25, 0.3) is 0 Å². The fraction of sp³-hybridized carbons (Fsp3) is 0.300. The Labute approximate surface area is 210 Å². The lowest BCUT2D eigenvalue weighted by Crippen LogP contribution is -2.44. The van der Waals surface area contributed by atoms with Crippen LogP contribution < -0.4 is 0 Å². The van der Waals surface area contributed by atoms with Crippen molar-refractivity contribution >= 4 is 28.7 Å². The number of nitrogens with zero attached hydrogens (tertiary/aromatic N) is 1. The van der Waals surface area contributed by atoms with E-state index in [-0.39, 0.29) is 22.8 Å². The fourth-order valence-electron chi connectivity index (χ4n) is 4.92. The summed E-state index contributed by atoms with van der Waals surface area (Å²) in [7, 11) is 0. The van der Waals surface area contributed by atoms with Crippen molar-refractivity contribution in [3.63, 3.8) is 0 Å². The molecule has 1 aliphatic heterocycles. The first-order chi connectivity index (χ1) is 16.9. The van der Waals surface area contributed by atoms with Crippen molar-refractivity contribution < 1.29 is 14.4 Å². The number of aryl methyl sites for hydroxylation is 4. The van der Waals surface area contributed by atoms with Crippen molar-refractivity contribution in [2.45, 2.75) is 56.9 Å². The molecule has 2 amide bonds. The minimum absolute atomic E-state index is 0.151. The molecule has 5 aliphatic rings.